The highest BCUT2D eigenvalue weighted by Gasteiger charge is 2.33. The van der Waals surface area contributed by atoms with Crippen molar-refractivity contribution in [2.75, 3.05) is 20.6 Å². The summed E-state index contributed by atoms with van der Waals surface area (Å²) in [5.41, 5.74) is 1.58. The van der Waals surface area contributed by atoms with Crippen molar-refractivity contribution in [1.29, 1.82) is 5.26 Å². The fourth-order valence-corrected chi connectivity index (χ4v) is 4.71. The number of benzene rings is 1. The third-order valence-corrected chi connectivity index (χ3v) is 6.48. The molecule has 1 aliphatic carbocycles. The summed E-state index contributed by atoms with van der Waals surface area (Å²) in [6, 6.07) is 7.10. The zero-order valence-electron chi connectivity index (χ0n) is 20.9. The van der Waals surface area contributed by atoms with Crippen LogP contribution in [0.3, 0.4) is 0 Å². The number of aromatic nitrogens is 2. The molecule has 3 rings (SSSR count). The van der Waals surface area contributed by atoms with Crippen LogP contribution in [0.5, 0.6) is 0 Å². The molecule has 1 heterocycles. The van der Waals surface area contributed by atoms with Gasteiger partial charge < -0.3 is 15.5 Å². The highest BCUT2D eigenvalue weighted by Crippen LogP contribution is 2.26. The molecule has 0 bridgehead atoms. The van der Waals surface area contributed by atoms with Crippen molar-refractivity contribution < 1.29 is 9.59 Å². The Morgan fingerprint density at radius 1 is 1.26 bits per heavy atom. The minimum Gasteiger partial charge on any atom is -0.349 e. The first-order valence-corrected chi connectivity index (χ1v) is 12.4. The molecule has 1 aromatic heterocycles. The Bertz CT molecular complexity index is 1020. The van der Waals surface area contributed by atoms with E-state index in [0.29, 0.717) is 17.9 Å². The smallest absolute Gasteiger partial charge is 0.251 e. The molecule has 1 aromatic carbocycles. The monoisotopic (exact) mass is 466 g/mol. The Hall–Kier alpha value is -2.92. The number of aryl methyl sites for hydroxylation is 1. The lowest BCUT2D eigenvalue weighted by Gasteiger charge is -2.32. The minimum absolute atomic E-state index is 0.133. The molecule has 8 heteroatoms. The summed E-state index contributed by atoms with van der Waals surface area (Å²) >= 11 is 0. The lowest BCUT2D eigenvalue weighted by Crippen LogP contribution is -2.50. The van der Waals surface area contributed by atoms with Crippen molar-refractivity contribution >= 4 is 22.7 Å². The predicted molar refractivity (Wildman–Crippen MR) is 133 cm³/mol. The molecule has 1 aliphatic rings. The Balaban J connectivity index is 1.65. The molecule has 1 saturated carbocycles. The number of carbonyl (C=O) groups is 2. The van der Waals surface area contributed by atoms with Gasteiger partial charge in [-0.05, 0) is 70.4 Å². The van der Waals surface area contributed by atoms with Crippen molar-refractivity contribution in [3.63, 3.8) is 0 Å². The second kappa shape index (κ2) is 12.0. The third-order valence-electron chi connectivity index (χ3n) is 6.48. The zero-order valence-corrected chi connectivity index (χ0v) is 20.9. The van der Waals surface area contributed by atoms with Gasteiger partial charge in [0.25, 0.3) is 5.91 Å². The van der Waals surface area contributed by atoms with Crippen LogP contribution in [0.15, 0.2) is 24.4 Å². The number of nitrogens with zero attached hydrogens (tertiary/aromatic N) is 4. The second-order valence-corrected chi connectivity index (χ2v) is 10.1. The van der Waals surface area contributed by atoms with Crippen molar-refractivity contribution in [2.24, 2.45) is 11.8 Å². The summed E-state index contributed by atoms with van der Waals surface area (Å²) in [5, 5.41) is 20.8. The van der Waals surface area contributed by atoms with E-state index in [0.717, 1.165) is 56.1 Å². The van der Waals surface area contributed by atoms with Crippen LogP contribution in [0.4, 0.5) is 0 Å². The number of fused-ring (bicyclic) bond motifs is 1. The van der Waals surface area contributed by atoms with Gasteiger partial charge in [0.15, 0.2) is 0 Å². The van der Waals surface area contributed by atoms with Gasteiger partial charge in [0, 0.05) is 23.5 Å². The average Bonchev–Trinajstić information content (AvgIpc) is 3.20. The Morgan fingerprint density at radius 2 is 2.03 bits per heavy atom. The highest BCUT2D eigenvalue weighted by molar-refractivity contribution is 5.98. The molecule has 2 N–H and O–H groups in total. The van der Waals surface area contributed by atoms with Crippen LogP contribution in [0, 0.1) is 23.2 Å². The first-order valence-electron chi connectivity index (χ1n) is 12.4. The van der Waals surface area contributed by atoms with Gasteiger partial charge in [-0.15, -0.1) is 0 Å². The molecular weight excluding hydrogens is 428 g/mol. The number of carbonyl (C=O) groups excluding carboxylic acids is 2. The lowest BCUT2D eigenvalue weighted by atomic mass is 9.83. The van der Waals surface area contributed by atoms with Crippen LogP contribution in [0.1, 0.15) is 62.7 Å². The Kier molecular flexibility index (Phi) is 9.05. The van der Waals surface area contributed by atoms with Gasteiger partial charge in [0.2, 0.25) is 5.91 Å². The van der Waals surface area contributed by atoms with Crippen LogP contribution >= 0.6 is 0 Å². The fraction of sp³-hybridized carbons (Fsp3) is 0.615. The average molecular weight is 467 g/mol. The normalized spacial score (nSPS) is 19.2. The van der Waals surface area contributed by atoms with Gasteiger partial charge in [-0.2, -0.15) is 10.4 Å². The van der Waals surface area contributed by atoms with Crippen LogP contribution in [-0.2, 0) is 11.3 Å². The number of nitrogens with one attached hydrogen (secondary N) is 2. The standard InChI is InChI=1S/C26H38N6O2/c1-18(2)14-21(16-27)29-26(34)22-8-5-6-9-23(22)30-25(33)19-10-11-24-20(15-19)17-28-32(24)13-7-12-31(3)4/h10-11,15,17-18,21-23H,5-9,12-14H2,1-4H3,(H,29,34)(H,30,33). The number of hydrogen-bond donors (Lipinski definition) is 2. The lowest BCUT2D eigenvalue weighted by molar-refractivity contribution is -0.127. The maximum atomic E-state index is 13.1. The van der Waals surface area contributed by atoms with Crippen molar-refractivity contribution in [3.05, 3.63) is 30.0 Å². The summed E-state index contributed by atoms with van der Waals surface area (Å²) in [5.74, 6) is -0.305. The van der Waals surface area contributed by atoms with Crippen LogP contribution in [0.25, 0.3) is 10.9 Å². The van der Waals surface area contributed by atoms with Gasteiger partial charge in [-0.25, -0.2) is 0 Å². The molecule has 3 atom stereocenters. The van der Waals surface area contributed by atoms with E-state index < -0.39 is 6.04 Å². The summed E-state index contributed by atoms with van der Waals surface area (Å²) in [4.78, 5) is 28.2. The SMILES string of the molecule is CC(C)CC(C#N)NC(=O)C1CCCCC1NC(=O)c1ccc2c(cnn2CCCN(C)C)c1. The van der Waals surface area contributed by atoms with E-state index in [1.54, 1.807) is 6.20 Å². The maximum Gasteiger partial charge on any atom is 0.251 e. The Morgan fingerprint density at radius 3 is 2.74 bits per heavy atom. The molecular formula is C26H38N6O2. The third kappa shape index (κ3) is 6.80. The van der Waals surface area contributed by atoms with Crippen LogP contribution < -0.4 is 10.6 Å². The molecule has 1 fully saturated rings. The molecule has 0 radical (unpaired) electrons. The number of nitriles is 1. The van der Waals surface area contributed by atoms with Gasteiger partial charge in [-0.3, -0.25) is 14.3 Å². The van der Waals surface area contributed by atoms with Crippen LogP contribution in [-0.4, -0.2) is 59.2 Å². The largest absolute Gasteiger partial charge is 0.349 e. The first-order chi connectivity index (χ1) is 16.3. The molecule has 8 nitrogen and oxygen atoms in total. The van der Waals surface area contributed by atoms with Gasteiger partial charge in [0.05, 0.1) is 23.7 Å². The van der Waals surface area contributed by atoms with Crippen molar-refractivity contribution in [3.8, 4) is 6.07 Å². The zero-order chi connectivity index (χ0) is 24.7. The summed E-state index contributed by atoms with van der Waals surface area (Å²) < 4.78 is 1.98. The highest BCUT2D eigenvalue weighted by atomic mass is 16.2. The molecule has 0 aliphatic heterocycles. The van der Waals surface area contributed by atoms with E-state index in [-0.39, 0.29) is 23.8 Å². The Labute approximate surface area is 202 Å². The van der Waals surface area contributed by atoms with Crippen molar-refractivity contribution in [1.82, 2.24) is 25.3 Å². The van der Waals surface area contributed by atoms with E-state index >= 15 is 0 Å². The van der Waals surface area contributed by atoms with Gasteiger partial charge in [0.1, 0.15) is 6.04 Å². The second-order valence-electron chi connectivity index (χ2n) is 10.1. The molecule has 0 spiro atoms. The molecule has 184 valence electrons. The van der Waals surface area contributed by atoms with Gasteiger partial charge >= 0.3 is 0 Å². The van der Waals surface area contributed by atoms with Gasteiger partial charge in [-0.1, -0.05) is 26.7 Å². The molecule has 2 amide bonds. The number of rotatable bonds is 10. The summed E-state index contributed by atoms with van der Waals surface area (Å²) in [7, 11) is 4.11. The fourth-order valence-electron chi connectivity index (χ4n) is 4.71. The van der Waals surface area contributed by atoms with E-state index in [1.807, 2.05) is 36.7 Å². The first kappa shape index (κ1) is 25.7. The summed E-state index contributed by atoms with van der Waals surface area (Å²) in [6.45, 7) is 5.88. The molecule has 0 saturated heterocycles. The molecule has 2 aromatic rings. The van der Waals surface area contributed by atoms with Crippen LogP contribution in [0.2, 0.25) is 0 Å². The molecule has 34 heavy (non-hydrogen) atoms. The van der Waals surface area contributed by atoms with E-state index in [9.17, 15) is 14.9 Å². The van der Waals surface area contributed by atoms with E-state index in [1.165, 1.54) is 0 Å². The number of hydrogen-bond acceptors (Lipinski definition) is 5. The van der Waals surface area contributed by atoms with Crippen molar-refractivity contribution in [2.45, 2.75) is 71.0 Å². The van der Waals surface area contributed by atoms with E-state index in [4.69, 9.17) is 0 Å². The quantitative estimate of drug-likeness (QED) is 0.559. The van der Waals surface area contributed by atoms with E-state index in [2.05, 4.69) is 40.8 Å². The molecule has 3 unspecified atom stereocenters. The summed E-state index contributed by atoms with van der Waals surface area (Å²) in [6.07, 6.45) is 6.82. The minimum atomic E-state index is -0.498. The maximum absolute atomic E-state index is 13.1. The number of amides is 2. The predicted octanol–water partition coefficient (Wildman–Crippen LogP) is 3.33. The topological polar surface area (TPSA) is 103 Å².